The molecule has 0 aliphatic carbocycles. The summed E-state index contributed by atoms with van der Waals surface area (Å²) < 4.78 is 10.8. The molecular weight excluding hydrogens is 228 g/mol. The Morgan fingerprint density at radius 3 is 2.44 bits per heavy atom. The van der Waals surface area contributed by atoms with Crippen molar-refractivity contribution in [2.45, 2.75) is 26.4 Å². The predicted octanol–water partition coefficient (Wildman–Crippen LogP) is 1.79. The fourth-order valence-corrected chi connectivity index (χ4v) is 2.21. The first-order valence-corrected chi connectivity index (χ1v) is 6.14. The fourth-order valence-electron chi connectivity index (χ4n) is 2.21. The Kier molecular flexibility index (Phi) is 5.44. The van der Waals surface area contributed by atoms with E-state index in [2.05, 4.69) is 11.9 Å². The van der Waals surface area contributed by atoms with E-state index in [4.69, 9.17) is 15.2 Å². The molecule has 1 aromatic carbocycles. The van der Waals surface area contributed by atoms with E-state index < -0.39 is 0 Å². The van der Waals surface area contributed by atoms with E-state index in [1.807, 2.05) is 26.0 Å². The number of ether oxygens (including phenoxy) is 2. The molecular formula is C14H24N2O2. The Morgan fingerprint density at radius 2 is 1.94 bits per heavy atom. The van der Waals surface area contributed by atoms with Crippen LogP contribution in [0.3, 0.4) is 0 Å². The molecule has 0 bridgehead atoms. The molecule has 1 rings (SSSR count). The third-order valence-electron chi connectivity index (χ3n) is 2.90. The first kappa shape index (κ1) is 14.8. The molecule has 0 aromatic heterocycles. The van der Waals surface area contributed by atoms with Gasteiger partial charge in [-0.05, 0) is 27.0 Å². The summed E-state index contributed by atoms with van der Waals surface area (Å²) in [6, 6.07) is 4.19. The molecule has 4 nitrogen and oxygen atoms in total. The smallest absolute Gasteiger partial charge is 0.129 e. The van der Waals surface area contributed by atoms with E-state index in [0.29, 0.717) is 0 Å². The Bertz CT molecular complexity index is 392. The van der Waals surface area contributed by atoms with Gasteiger partial charge in [0.15, 0.2) is 0 Å². The van der Waals surface area contributed by atoms with Crippen molar-refractivity contribution >= 4 is 0 Å². The monoisotopic (exact) mass is 252 g/mol. The van der Waals surface area contributed by atoms with Gasteiger partial charge in [0, 0.05) is 30.3 Å². The van der Waals surface area contributed by atoms with E-state index in [1.54, 1.807) is 14.2 Å². The van der Waals surface area contributed by atoms with Gasteiger partial charge in [-0.3, -0.25) is 0 Å². The number of hydrogen-bond acceptors (Lipinski definition) is 4. The van der Waals surface area contributed by atoms with Gasteiger partial charge in [-0.25, -0.2) is 0 Å². The molecule has 0 aliphatic rings. The van der Waals surface area contributed by atoms with E-state index in [0.717, 1.165) is 35.7 Å². The van der Waals surface area contributed by atoms with Gasteiger partial charge in [0.2, 0.25) is 0 Å². The van der Waals surface area contributed by atoms with Crippen LogP contribution in [0.25, 0.3) is 0 Å². The quantitative estimate of drug-likeness (QED) is 0.838. The third kappa shape index (κ3) is 3.62. The van der Waals surface area contributed by atoms with E-state index in [1.165, 1.54) is 0 Å². The van der Waals surface area contributed by atoms with Gasteiger partial charge in [0.25, 0.3) is 0 Å². The minimum atomic E-state index is 0.167. The molecule has 0 aliphatic heterocycles. The summed E-state index contributed by atoms with van der Waals surface area (Å²) in [5.41, 5.74) is 7.99. The normalized spacial score (nSPS) is 12.6. The maximum atomic E-state index is 5.80. The summed E-state index contributed by atoms with van der Waals surface area (Å²) >= 11 is 0. The largest absolute Gasteiger partial charge is 0.496 e. The average Bonchev–Trinajstić information content (AvgIpc) is 2.28. The van der Waals surface area contributed by atoms with Crippen LogP contribution in [0.1, 0.15) is 18.1 Å². The van der Waals surface area contributed by atoms with Crippen LogP contribution in [0.5, 0.6) is 11.5 Å². The van der Waals surface area contributed by atoms with Crippen molar-refractivity contribution < 1.29 is 9.47 Å². The molecule has 2 N–H and O–H groups in total. The first-order chi connectivity index (χ1) is 8.49. The lowest BCUT2D eigenvalue weighted by molar-refractivity contribution is 0.301. The zero-order valence-electron chi connectivity index (χ0n) is 12.0. The summed E-state index contributed by atoms with van der Waals surface area (Å²) in [5.74, 6) is 1.75. The molecule has 0 saturated carbocycles. The maximum absolute atomic E-state index is 5.80. The van der Waals surface area contributed by atoms with Crippen molar-refractivity contribution in [2.75, 3.05) is 27.8 Å². The van der Waals surface area contributed by atoms with Gasteiger partial charge < -0.3 is 20.1 Å². The number of rotatable bonds is 6. The minimum Gasteiger partial charge on any atom is -0.496 e. The second-order valence-electron chi connectivity index (χ2n) is 4.76. The number of benzene rings is 1. The SMILES string of the molecule is COc1ccc(CN(C)CC(C)N)c(OC)c1C. The van der Waals surface area contributed by atoms with Gasteiger partial charge in [0.05, 0.1) is 14.2 Å². The van der Waals surface area contributed by atoms with Gasteiger partial charge in [-0.2, -0.15) is 0 Å². The zero-order valence-corrected chi connectivity index (χ0v) is 12.0. The summed E-state index contributed by atoms with van der Waals surface area (Å²) in [5, 5.41) is 0. The van der Waals surface area contributed by atoms with Crippen molar-refractivity contribution in [3.05, 3.63) is 23.3 Å². The van der Waals surface area contributed by atoms with Crippen LogP contribution in [-0.4, -0.2) is 38.8 Å². The van der Waals surface area contributed by atoms with Crippen LogP contribution in [0.2, 0.25) is 0 Å². The Labute approximate surface area is 110 Å². The highest BCUT2D eigenvalue weighted by atomic mass is 16.5. The van der Waals surface area contributed by atoms with Crippen LogP contribution in [-0.2, 0) is 6.54 Å². The molecule has 1 atom stereocenters. The van der Waals surface area contributed by atoms with Crippen LogP contribution < -0.4 is 15.2 Å². The Balaban J connectivity index is 2.92. The maximum Gasteiger partial charge on any atom is 0.129 e. The highest BCUT2D eigenvalue weighted by Crippen LogP contribution is 2.31. The van der Waals surface area contributed by atoms with Gasteiger partial charge in [0.1, 0.15) is 11.5 Å². The lowest BCUT2D eigenvalue weighted by Gasteiger charge is -2.21. The Hall–Kier alpha value is -1.26. The number of methoxy groups -OCH3 is 2. The van der Waals surface area contributed by atoms with Gasteiger partial charge in [-0.1, -0.05) is 6.07 Å². The molecule has 18 heavy (non-hydrogen) atoms. The molecule has 0 heterocycles. The van der Waals surface area contributed by atoms with Crippen molar-refractivity contribution in [3.63, 3.8) is 0 Å². The molecule has 0 amide bonds. The van der Waals surface area contributed by atoms with Crippen LogP contribution in [0.15, 0.2) is 12.1 Å². The number of hydrogen-bond donors (Lipinski definition) is 1. The first-order valence-electron chi connectivity index (χ1n) is 6.14. The molecule has 1 unspecified atom stereocenters. The fraction of sp³-hybridized carbons (Fsp3) is 0.571. The highest BCUT2D eigenvalue weighted by molar-refractivity contribution is 5.49. The highest BCUT2D eigenvalue weighted by Gasteiger charge is 2.13. The second kappa shape index (κ2) is 6.61. The van der Waals surface area contributed by atoms with E-state index >= 15 is 0 Å². The van der Waals surface area contributed by atoms with Crippen molar-refractivity contribution in [1.29, 1.82) is 0 Å². The number of nitrogens with two attached hydrogens (primary N) is 1. The standard InChI is InChI=1S/C14H24N2O2/c1-10(15)8-16(3)9-12-6-7-13(17-4)11(2)14(12)18-5/h6-7,10H,8-9,15H2,1-5H3. The van der Waals surface area contributed by atoms with E-state index in [-0.39, 0.29) is 6.04 Å². The topological polar surface area (TPSA) is 47.7 Å². The van der Waals surface area contributed by atoms with Crippen LogP contribution in [0.4, 0.5) is 0 Å². The van der Waals surface area contributed by atoms with Crippen molar-refractivity contribution in [1.82, 2.24) is 4.90 Å². The summed E-state index contributed by atoms with van der Waals surface area (Å²) in [6.45, 7) is 5.68. The van der Waals surface area contributed by atoms with Crippen LogP contribution >= 0.6 is 0 Å². The lowest BCUT2D eigenvalue weighted by atomic mass is 10.1. The molecule has 102 valence electrons. The third-order valence-corrected chi connectivity index (χ3v) is 2.90. The minimum absolute atomic E-state index is 0.167. The summed E-state index contributed by atoms with van der Waals surface area (Å²) in [6.07, 6.45) is 0. The lowest BCUT2D eigenvalue weighted by Crippen LogP contribution is -2.32. The van der Waals surface area contributed by atoms with Crippen molar-refractivity contribution in [3.8, 4) is 11.5 Å². The summed E-state index contributed by atoms with van der Waals surface area (Å²) in [4.78, 5) is 2.19. The zero-order chi connectivity index (χ0) is 13.7. The molecule has 0 spiro atoms. The van der Waals surface area contributed by atoms with Crippen molar-refractivity contribution in [2.24, 2.45) is 5.73 Å². The average molecular weight is 252 g/mol. The molecule has 1 aromatic rings. The number of likely N-dealkylation sites (N-methyl/N-ethyl adjacent to an activating group) is 1. The van der Waals surface area contributed by atoms with E-state index in [9.17, 15) is 0 Å². The Morgan fingerprint density at radius 1 is 1.28 bits per heavy atom. The van der Waals surface area contributed by atoms with Gasteiger partial charge in [-0.15, -0.1) is 0 Å². The molecule has 0 saturated heterocycles. The molecule has 0 radical (unpaired) electrons. The second-order valence-corrected chi connectivity index (χ2v) is 4.76. The predicted molar refractivity (Wildman–Crippen MR) is 74.3 cm³/mol. The molecule has 4 heteroatoms. The number of nitrogens with zero attached hydrogens (tertiary/aromatic N) is 1. The summed E-state index contributed by atoms with van der Waals surface area (Å²) in [7, 11) is 5.42. The van der Waals surface area contributed by atoms with Crippen LogP contribution in [0, 0.1) is 6.92 Å². The molecule has 0 fully saturated rings. The van der Waals surface area contributed by atoms with Gasteiger partial charge >= 0.3 is 0 Å².